The number of nitrogens with zero attached hydrogens (tertiary/aromatic N) is 5. The number of rotatable bonds is 3. The number of ether oxygens (including phenoxy) is 1. The van der Waals surface area contributed by atoms with Crippen LogP contribution in [0.5, 0.6) is 0 Å². The Bertz CT molecular complexity index is 1150. The van der Waals surface area contributed by atoms with Crippen LogP contribution in [0.2, 0.25) is 0 Å². The van der Waals surface area contributed by atoms with Gasteiger partial charge in [-0.25, -0.2) is 9.78 Å². The number of amides is 1. The molecule has 8 heteroatoms. The number of carbonyl (C=O) groups excluding carboxylic acids is 1. The van der Waals surface area contributed by atoms with Crippen molar-refractivity contribution in [1.29, 1.82) is 0 Å². The normalized spacial score (nSPS) is 15.0. The summed E-state index contributed by atoms with van der Waals surface area (Å²) in [5.41, 5.74) is 3.24. The zero-order valence-electron chi connectivity index (χ0n) is 17.9. The van der Waals surface area contributed by atoms with E-state index in [-0.39, 0.29) is 17.0 Å². The van der Waals surface area contributed by atoms with Crippen LogP contribution in [0.25, 0.3) is 22.4 Å². The second-order valence-electron chi connectivity index (χ2n) is 8.89. The molecule has 30 heavy (non-hydrogen) atoms. The largest absolute Gasteiger partial charge is 0.378 e. The minimum absolute atomic E-state index is 0.0329. The summed E-state index contributed by atoms with van der Waals surface area (Å²) in [4.78, 5) is 36.3. The Labute approximate surface area is 175 Å². The lowest BCUT2D eigenvalue weighted by Crippen LogP contribution is -2.40. The van der Waals surface area contributed by atoms with Crippen LogP contribution in [0.15, 0.2) is 35.4 Å². The predicted molar refractivity (Wildman–Crippen MR) is 114 cm³/mol. The van der Waals surface area contributed by atoms with Crippen molar-refractivity contribution in [2.45, 2.75) is 27.3 Å². The number of hydrogen-bond donors (Lipinski definition) is 0. The number of morpholine rings is 1. The molecule has 0 N–H and O–H groups in total. The molecule has 0 saturated carbocycles. The summed E-state index contributed by atoms with van der Waals surface area (Å²) in [5, 5.41) is 0. The summed E-state index contributed by atoms with van der Waals surface area (Å²) in [7, 11) is 1.73. The molecule has 1 fully saturated rings. The van der Waals surface area contributed by atoms with Gasteiger partial charge in [0.15, 0.2) is 5.65 Å². The van der Waals surface area contributed by atoms with E-state index in [2.05, 4.69) is 25.8 Å². The number of aromatic nitrogens is 4. The van der Waals surface area contributed by atoms with E-state index in [4.69, 9.17) is 9.72 Å². The number of hydrogen-bond acceptors (Lipinski definition) is 5. The minimum Gasteiger partial charge on any atom is -0.378 e. The van der Waals surface area contributed by atoms with Gasteiger partial charge in [0.25, 0.3) is 5.91 Å². The first-order chi connectivity index (χ1) is 14.2. The average molecular weight is 409 g/mol. The molecule has 0 unspecified atom stereocenters. The van der Waals surface area contributed by atoms with E-state index in [0.717, 1.165) is 11.1 Å². The Kier molecular flexibility index (Phi) is 5.19. The van der Waals surface area contributed by atoms with Crippen LogP contribution in [0, 0.1) is 5.41 Å². The lowest BCUT2D eigenvalue weighted by atomic mass is 9.97. The third-order valence-corrected chi connectivity index (χ3v) is 5.19. The van der Waals surface area contributed by atoms with Crippen molar-refractivity contribution in [3.05, 3.63) is 46.6 Å². The van der Waals surface area contributed by atoms with Crippen molar-refractivity contribution >= 4 is 17.1 Å². The molecule has 1 aliphatic rings. The molecule has 4 rings (SSSR count). The first kappa shape index (κ1) is 20.3. The molecule has 0 aromatic carbocycles. The Balaban J connectivity index is 1.71. The second kappa shape index (κ2) is 7.68. The molecular formula is C22H27N5O3. The van der Waals surface area contributed by atoms with Gasteiger partial charge in [-0.2, -0.15) is 0 Å². The maximum Gasteiger partial charge on any atom is 0.330 e. The standard InChI is InChI=1S/C22H27N5O3/c1-22(2,3)14-27-18-6-5-17(24-19(18)25(4)21(27)29)15-11-16(13-23-12-15)20(28)26-7-9-30-10-8-26/h5-6,11-13H,7-10,14H2,1-4H3. The Hall–Kier alpha value is -3.00. The van der Waals surface area contributed by atoms with Gasteiger partial charge in [-0.3, -0.25) is 18.9 Å². The van der Waals surface area contributed by atoms with Gasteiger partial charge in [-0.15, -0.1) is 0 Å². The highest BCUT2D eigenvalue weighted by Crippen LogP contribution is 2.23. The molecule has 3 aromatic rings. The van der Waals surface area contributed by atoms with E-state index in [0.29, 0.717) is 49.8 Å². The fraction of sp³-hybridized carbons (Fsp3) is 0.455. The number of aryl methyl sites for hydroxylation is 1. The number of imidazole rings is 1. The zero-order chi connectivity index (χ0) is 21.5. The molecule has 0 bridgehead atoms. The molecule has 1 amide bonds. The van der Waals surface area contributed by atoms with Crippen LogP contribution in [0.1, 0.15) is 31.1 Å². The monoisotopic (exact) mass is 409 g/mol. The van der Waals surface area contributed by atoms with Gasteiger partial charge < -0.3 is 9.64 Å². The molecule has 0 atom stereocenters. The smallest absolute Gasteiger partial charge is 0.330 e. The highest BCUT2D eigenvalue weighted by Gasteiger charge is 2.21. The Morgan fingerprint density at radius 1 is 1.17 bits per heavy atom. The maximum atomic E-state index is 12.8. The van der Waals surface area contributed by atoms with E-state index in [9.17, 15) is 9.59 Å². The Morgan fingerprint density at radius 3 is 2.60 bits per heavy atom. The van der Waals surface area contributed by atoms with Gasteiger partial charge >= 0.3 is 5.69 Å². The maximum absolute atomic E-state index is 12.8. The van der Waals surface area contributed by atoms with Crippen molar-refractivity contribution in [1.82, 2.24) is 24.0 Å². The van der Waals surface area contributed by atoms with Crippen molar-refractivity contribution < 1.29 is 9.53 Å². The summed E-state index contributed by atoms with van der Waals surface area (Å²) in [6, 6.07) is 5.60. The van der Waals surface area contributed by atoms with Gasteiger partial charge in [0.05, 0.1) is 30.0 Å². The summed E-state index contributed by atoms with van der Waals surface area (Å²) < 4.78 is 8.66. The second-order valence-corrected chi connectivity index (χ2v) is 8.89. The van der Waals surface area contributed by atoms with E-state index in [1.54, 1.807) is 33.5 Å². The van der Waals surface area contributed by atoms with Crippen molar-refractivity contribution in [3.8, 4) is 11.3 Å². The van der Waals surface area contributed by atoms with E-state index >= 15 is 0 Å². The molecule has 0 spiro atoms. The van der Waals surface area contributed by atoms with Crippen LogP contribution in [0.3, 0.4) is 0 Å². The molecule has 0 aliphatic carbocycles. The van der Waals surface area contributed by atoms with Gasteiger partial charge in [-0.1, -0.05) is 20.8 Å². The van der Waals surface area contributed by atoms with Crippen molar-refractivity contribution in [2.75, 3.05) is 26.3 Å². The van der Waals surface area contributed by atoms with Gasteiger partial charge in [0.1, 0.15) is 0 Å². The first-order valence-electron chi connectivity index (χ1n) is 10.1. The van der Waals surface area contributed by atoms with Crippen molar-refractivity contribution in [3.63, 3.8) is 0 Å². The zero-order valence-corrected chi connectivity index (χ0v) is 17.9. The Morgan fingerprint density at radius 2 is 1.90 bits per heavy atom. The third kappa shape index (κ3) is 3.87. The van der Waals surface area contributed by atoms with Crippen LogP contribution < -0.4 is 5.69 Å². The molecule has 3 aromatic heterocycles. The van der Waals surface area contributed by atoms with E-state index in [1.165, 1.54) is 0 Å². The fourth-order valence-corrected chi connectivity index (χ4v) is 3.71. The van der Waals surface area contributed by atoms with Gasteiger partial charge in [-0.05, 0) is 23.6 Å². The van der Waals surface area contributed by atoms with Crippen LogP contribution >= 0.6 is 0 Å². The molecule has 1 saturated heterocycles. The highest BCUT2D eigenvalue weighted by molar-refractivity contribution is 5.95. The number of carbonyl (C=O) groups is 1. The summed E-state index contributed by atoms with van der Waals surface area (Å²) >= 11 is 0. The van der Waals surface area contributed by atoms with E-state index < -0.39 is 0 Å². The first-order valence-corrected chi connectivity index (χ1v) is 10.1. The SMILES string of the molecule is Cn1c(=O)n(CC(C)(C)C)c2ccc(-c3cncc(C(=O)N4CCOCC4)c3)nc21. The van der Waals surface area contributed by atoms with E-state index in [1.807, 2.05) is 18.2 Å². The van der Waals surface area contributed by atoms with Crippen LogP contribution in [0.4, 0.5) is 0 Å². The quantitative estimate of drug-likeness (QED) is 0.663. The molecule has 158 valence electrons. The molecule has 8 nitrogen and oxygen atoms in total. The molecular weight excluding hydrogens is 382 g/mol. The number of fused-ring (bicyclic) bond motifs is 1. The molecule has 1 aliphatic heterocycles. The minimum atomic E-state index is -0.0843. The highest BCUT2D eigenvalue weighted by atomic mass is 16.5. The predicted octanol–water partition coefficient (Wildman–Crippen LogP) is 2.32. The molecule has 0 radical (unpaired) electrons. The van der Waals surface area contributed by atoms with Crippen molar-refractivity contribution in [2.24, 2.45) is 12.5 Å². The lowest BCUT2D eigenvalue weighted by molar-refractivity contribution is 0.0302. The van der Waals surface area contributed by atoms with Crippen LogP contribution in [-0.2, 0) is 18.3 Å². The topological polar surface area (TPSA) is 82.2 Å². The number of pyridine rings is 2. The fourth-order valence-electron chi connectivity index (χ4n) is 3.71. The summed E-state index contributed by atoms with van der Waals surface area (Å²) in [5.74, 6) is -0.0579. The van der Waals surface area contributed by atoms with Gasteiger partial charge in [0.2, 0.25) is 0 Å². The molecule has 4 heterocycles. The summed E-state index contributed by atoms with van der Waals surface area (Å²) in [6.07, 6.45) is 3.27. The lowest BCUT2D eigenvalue weighted by Gasteiger charge is -2.26. The third-order valence-electron chi connectivity index (χ3n) is 5.19. The average Bonchev–Trinajstić information content (AvgIpc) is 2.97. The van der Waals surface area contributed by atoms with Gasteiger partial charge in [0, 0.05) is 44.6 Å². The summed E-state index contributed by atoms with van der Waals surface area (Å²) in [6.45, 7) is 9.17. The van der Waals surface area contributed by atoms with Crippen LogP contribution in [-0.4, -0.2) is 56.2 Å².